The van der Waals surface area contributed by atoms with Gasteiger partial charge < -0.3 is 21.7 Å². The Kier molecular flexibility index (Phi) is 10.2. The Morgan fingerprint density at radius 3 is 2.23 bits per heavy atom. The first-order chi connectivity index (χ1) is 10.3. The highest BCUT2D eigenvalue weighted by molar-refractivity contribution is 5.90. The molecule has 7 heteroatoms. The molecule has 0 aromatic rings. The average molecular weight is 314 g/mol. The third-order valence-corrected chi connectivity index (χ3v) is 3.24. The van der Waals surface area contributed by atoms with Gasteiger partial charge in [0.15, 0.2) is 0 Å². The number of hydrogen-bond acceptors (Lipinski definition) is 4. The second-order valence-electron chi connectivity index (χ2n) is 6.03. The van der Waals surface area contributed by atoms with Gasteiger partial charge in [-0.1, -0.05) is 20.8 Å². The highest BCUT2D eigenvalue weighted by Gasteiger charge is 2.22. The van der Waals surface area contributed by atoms with E-state index in [2.05, 4.69) is 16.0 Å². The van der Waals surface area contributed by atoms with Crippen LogP contribution < -0.4 is 21.7 Å². The van der Waals surface area contributed by atoms with Crippen LogP contribution in [-0.2, 0) is 14.4 Å². The number of carbonyl (C=O) groups excluding carboxylic acids is 3. The molecule has 7 nitrogen and oxygen atoms in total. The van der Waals surface area contributed by atoms with Gasteiger partial charge in [-0.05, 0) is 31.2 Å². The van der Waals surface area contributed by atoms with E-state index in [-0.39, 0.29) is 36.1 Å². The molecule has 0 aliphatic carbocycles. The molecule has 0 bridgehead atoms. The lowest BCUT2D eigenvalue weighted by atomic mass is 9.98. The summed E-state index contributed by atoms with van der Waals surface area (Å²) in [7, 11) is 1.53. The molecule has 0 spiro atoms. The Bertz CT molecular complexity index is 372. The lowest BCUT2D eigenvalue weighted by Gasteiger charge is -2.21. The normalized spacial score (nSPS) is 13.4. The summed E-state index contributed by atoms with van der Waals surface area (Å²) in [5.41, 5.74) is 5.50. The summed E-state index contributed by atoms with van der Waals surface area (Å²) >= 11 is 0. The largest absolute Gasteiger partial charge is 0.357 e. The molecular formula is C15H30N4O3. The van der Waals surface area contributed by atoms with Crippen LogP contribution in [0.3, 0.4) is 0 Å². The Morgan fingerprint density at radius 1 is 1.09 bits per heavy atom. The van der Waals surface area contributed by atoms with Gasteiger partial charge in [0.1, 0.15) is 6.04 Å². The molecule has 2 atom stereocenters. The summed E-state index contributed by atoms with van der Waals surface area (Å²) in [5.74, 6) is -0.323. The number of nitrogens with two attached hydrogens (primary N) is 1. The Labute approximate surface area is 132 Å². The van der Waals surface area contributed by atoms with Gasteiger partial charge in [0.05, 0.1) is 6.54 Å². The molecule has 128 valence electrons. The van der Waals surface area contributed by atoms with E-state index in [0.29, 0.717) is 19.4 Å². The molecule has 22 heavy (non-hydrogen) atoms. The summed E-state index contributed by atoms with van der Waals surface area (Å²) in [6, 6.07) is -0.610. The molecule has 0 aliphatic heterocycles. The zero-order chi connectivity index (χ0) is 17.1. The fraction of sp³-hybridized carbons (Fsp3) is 0.800. The number of hydrogen-bond donors (Lipinski definition) is 4. The van der Waals surface area contributed by atoms with Crippen LogP contribution in [0.15, 0.2) is 0 Å². The Balaban J connectivity index is 4.37. The molecule has 0 fully saturated rings. The van der Waals surface area contributed by atoms with E-state index < -0.39 is 6.04 Å². The lowest BCUT2D eigenvalue weighted by Crippen LogP contribution is -2.49. The summed E-state index contributed by atoms with van der Waals surface area (Å²) in [6.45, 7) is 6.27. The predicted molar refractivity (Wildman–Crippen MR) is 85.9 cm³/mol. The number of rotatable bonds is 10. The van der Waals surface area contributed by atoms with E-state index in [0.717, 1.165) is 6.42 Å². The summed E-state index contributed by atoms with van der Waals surface area (Å²) in [6.07, 6.45) is 1.68. The van der Waals surface area contributed by atoms with Gasteiger partial charge in [-0.15, -0.1) is 0 Å². The van der Waals surface area contributed by atoms with Crippen LogP contribution >= 0.6 is 0 Å². The van der Waals surface area contributed by atoms with Crippen molar-refractivity contribution in [2.45, 2.75) is 46.1 Å². The molecule has 0 saturated heterocycles. The fourth-order valence-corrected chi connectivity index (χ4v) is 2.08. The van der Waals surface area contributed by atoms with Crippen LogP contribution in [0.1, 0.15) is 40.0 Å². The molecule has 2 unspecified atom stereocenters. The van der Waals surface area contributed by atoms with Crippen molar-refractivity contribution in [1.82, 2.24) is 16.0 Å². The maximum Gasteiger partial charge on any atom is 0.242 e. The van der Waals surface area contributed by atoms with Crippen LogP contribution in [0, 0.1) is 11.8 Å². The van der Waals surface area contributed by atoms with E-state index in [1.54, 1.807) is 0 Å². The molecule has 0 aromatic heterocycles. The highest BCUT2D eigenvalue weighted by atomic mass is 16.2. The van der Waals surface area contributed by atoms with Crippen molar-refractivity contribution in [3.63, 3.8) is 0 Å². The van der Waals surface area contributed by atoms with Gasteiger partial charge in [0.2, 0.25) is 17.7 Å². The second-order valence-corrected chi connectivity index (χ2v) is 6.03. The molecule has 3 amide bonds. The van der Waals surface area contributed by atoms with E-state index in [1.165, 1.54) is 7.05 Å². The molecular weight excluding hydrogens is 284 g/mol. The highest BCUT2D eigenvalue weighted by Crippen LogP contribution is 2.09. The monoisotopic (exact) mass is 314 g/mol. The predicted octanol–water partition coefficient (Wildman–Crippen LogP) is -0.245. The van der Waals surface area contributed by atoms with Crippen molar-refractivity contribution in [1.29, 1.82) is 0 Å². The molecule has 0 aromatic carbocycles. The number of likely N-dealkylation sites (N-methyl/N-ethyl adjacent to an activating group) is 1. The molecule has 0 saturated carbocycles. The maximum atomic E-state index is 11.9. The molecule has 0 radical (unpaired) electrons. The van der Waals surface area contributed by atoms with Gasteiger partial charge >= 0.3 is 0 Å². The van der Waals surface area contributed by atoms with Gasteiger partial charge in [-0.25, -0.2) is 0 Å². The summed E-state index contributed by atoms with van der Waals surface area (Å²) in [4.78, 5) is 35.2. The standard InChI is InChI=1S/C15H30N4O3/c1-10(2)7-13(20)18-9-14(21)19-12(15(22)17-4)8-11(3)5-6-16/h10-12H,5-9,16H2,1-4H3,(H,17,22)(H,18,20)(H,19,21). The van der Waals surface area contributed by atoms with Crippen LogP contribution in [0.25, 0.3) is 0 Å². The van der Waals surface area contributed by atoms with Crippen molar-refractivity contribution < 1.29 is 14.4 Å². The molecule has 0 aliphatic rings. The molecule has 0 heterocycles. The van der Waals surface area contributed by atoms with Crippen molar-refractivity contribution in [3.05, 3.63) is 0 Å². The third kappa shape index (κ3) is 9.33. The Morgan fingerprint density at radius 2 is 1.73 bits per heavy atom. The van der Waals surface area contributed by atoms with Crippen LogP contribution in [-0.4, -0.2) is 43.9 Å². The van der Waals surface area contributed by atoms with E-state index in [9.17, 15) is 14.4 Å². The average Bonchev–Trinajstić information content (AvgIpc) is 2.43. The molecule has 0 rings (SSSR count). The van der Waals surface area contributed by atoms with Crippen molar-refractivity contribution in [3.8, 4) is 0 Å². The first-order valence-corrected chi connectivity index (χ1v) is 7.77. The SMILES string of the molecule is CNC(=O)C(CC(C)CCN)NC(=O)CNC(=O)CC(C)C. The van der Waals surface area contributed by atoms with E-state index in [4.69, 9.17) is 5.73 Å². The lowest BCUT2D eigenvalue weighted by molar-refractivity contribution is -0.130. The fourth-order valence-electron chi connectivity index (χ4n) is 2.08. The second kappa shape index (κ2) is 11.0. The quantitative estimate of drug-likeness (QED) is 0.445. The molecule has 5 N–H and O–H groups in total. The third-order valence-electron chi connectivity index (χ3n) is 3.24. The van der Waals surface area contributed by atoms with Crippen molar-refractivity contribution >= 4 is 17.7 Å². The minimum Gasteiger partial charge on any atom is -0.357 e. The zero-order valence-corrected chi connectivity index (χ0v) is 14.1. The summed E-state index contributed by atoms with van der Waals surface area (Å²) < 4.78 is 0. The zero-order valence-electron chi connectivity index (χ0n) is 14.1. The maximum absolute atomic E-state index is 11.9. The number of carbonyl (C=O) groups is 3. The Hall–Kier alpha value is -1.63. The first kappa shape index (κ1) is 20.4. The minimum atomic E-state index is -0.610. The van der Waals surface area contributed by atoms with Crippen molar-refractivity contribution in [2.24, 2.45) is 17.6 Å². The van der Waals surface area contributed by atoms with Crippen LogP contribution in [0.5, 0.6) is 0 Å². The number of nitrogens with one attached hydrogen (secondary N) is 3. The van der Waals surface area contributed by atoms with E-state index in [1.807, 2.05) is 20.8 Å². The number of amides is 3. The minimum absolute atomic E-state index is 0.121. The van der Waals surface area contributed by atoms with Gasteiger partial charge in [0, 0.05) is 13.5 Å². The van der Waals surface area contributed by atoms with E-state index >= 15 is 0 Å². The first-order valence-electron chi connectivity index (χ1n) is 7.77. The topological polar surface area (TPSA) is 113 Å². The van der Waals surface area contributed by atoms with Crippen LogP contribution in [0.4, 0.5) is 0 Å². The van der Waals surface area contributed by atoms with Crippen molar-refractivity contribution in [2.75, 3.05) is 20.1 Å². The van der Waals surface area contributed by atoms with Gasteiger partial charge in [-0.2, -0.15) is 0 Å². The van der Waals surface area contributed by atoms with Gasteiger partial charge in [0.25, 0.3) is 0 Å². The summed E-state index contributed by atoms with van der Waals surface area (Å²) in [5, 5.41) is 7.75. The van der Waals surface area contributed by atoms with Crippen LogP contribution in [0.2, 0.25) is 0 Å². The smallest absolute Gasteiger partial charge is 0.242 e. The van der Waals surface area contributed by atoms with Gasteiger partial charge in [-0.3, -0.25) is 14.4 Å².